The third kappa shape index (κ3) is 3.86. The van der Waals surface area contributed by atoms with E-state index in [-0.39, 0.29) is 45.5 Å². The van der Waals surface area contributed by atoms with Crippen molar-refractivity contribution in [1.29, 1.82) is 0 Å². The Hall–Kier alpha value is -1.56. The zero-order valence-electron chi connectivity index (χ0n) is 16.5. The number of halogens is 1. The van der Waals surface area contributed by atoms with E-state index in [2.05, 4.69) is 31.4 Å². The zero-order chi connectivity index (χ0) is 19.8. The van der Waals surface area contributed by atoms with Gasteiger partial charge in [-0.2, -0.15) is 0 Å². The molecule has 0 saturated heterocycles. The van der Waals surface area contributed by atoms with Crippen LogP contribution in [0.15, 0.2) is 24.3 Å². The van der Waals surface area contributed by atoms with E-state index in [1.807, 2.05) is 6.92 Å². The average Bonchev–Trinajstić information content (AvgIpc) is 2.95. The topological polar surface area (TPSA) is 58.2 Å². The van der Waals surface area contributed by atoms with Crippen LogP contribution in [-0.2, 0) is 9.59 Å². The molecule has 4 unspecified atom stereocenters. The Morgan fingerprint density at radius 3 is 2.48 bits per heavy atom. The summed E-state index contributed by atoms with van der Waals surface area (Å²) in [5, 5.41) is 5.67. The normalized spacial score (nSPS) is 29.4. The Labute approximate surface area is 165 Å². The predicted octanol–water partition coefficient (Wildman–Crippen LogP) is 4.22. The van der Waals surface area contributed by atoms with Gasteiger partial charge in [0.05, 0.1) is 11.0 Å². The lowest BCUT2D eigenvalue weighted by atomic mass is 9.69. The third-order valence-electron chi connectivity index (χ3n) is 7.07. The molecule has 0 radical (unpaired) electrons. The van der Waals surface area contributed by atoms with E-state index < -0.39 is 0 Å². The van der Waals surface area contributed by atoms with Crippen molar-refractivity contribution in [2.75, 3.05) is 11.1 Å². The summed E-state index contributed by atoms with van der Waals surface area (Å²) in [7, 11) is 0. The number of benzene rings is 1. The summed E-state index contributed by atoms with van der Waals surface area (Å²) < 4.78 is 12.9. The van der Waals surface area contributed by atoms with Crippen LogP contribution in [0.5, 0.6) is 0 Å². The molecule has 2 aliphatic rings. The van der Waals surface area contributed by atoms with Crippen molar-refractivity contribution in [2.45, 2.75) is 58.2 Å². The molecule has 27 heavy (non-hydrogen) atoms. The summed E-state index contributed by atoms with van der Waals surface area (Å²) in [6, 6.07) is 5.86. The number of carbonyl (C=O) groups excluding carboxylic acids is 2. The lowest BCUT2D eigenvalue weighted by Gasteiger charge is -2.39. The van der Waals surface area contributed by atoms with Crippen LogP contribution in [0.1, 0.15) is 47.0 Å². The fourth-order valence-electron chi connectivity index (χ4n) is 4.72. The molecule has 3 rings (SSSR count). The first kappa shape index (κ1) is 20.2. The summed E-state index contributed by atoms with van der Waals surface area (Å²) in [5.74, 6) is 0.327. The Morgan fingerprint density at radius 2 is 1.93 bits per heavy atom. The van der Waals surface area contributed by atoms with Crippen LogP contribution >= 0.6 is 11.8 Å². The van der Waals surface area contributed by atoms with Gasteiger partial charge in [0.1, 0.15) is 5.82 Å². The standard InChI is InChI=1S/C21H29FN2O2S/c1-13(27-12-18(25)23-16-7-5-15(22)6-8-16)19(26)24-17-11-14-9-10-21(17,4)20(14,2)3/h5-8,13-14,17H,9-12H2,1-4H3,(H,23,25)(H,24,26). The van der Waals surface area contributed by atoms with Crippen LogP contribution in [0.4, 0.5) is 10.1 Å². The number of fused-ring (bicyclic) bond motifs is 2. The number of carbonyl (C=O) groups is 2. The van der Waals surface area contributed by atoms with Gasteiger partial charge >= 0.3 is 0 Å². The van der Waals surface area contributed by atoms with Crippen LogP contribution in [0, 0.1) is 22.6 Å². The second kappa shape index (κ2) is 7.46. The molecule has 2 N–H and O–H groups in total. The maximum atomic E-state index is 12.9. The molecule has 2 fully saturated rings. The molecule has 2 amide bonds. The van der Waals surface area contributed by atoms with Gasteiger partial charge in [-0.25, -0.2) is 4.39 Å². The Balaban J connectivity index is 1.47. The molecule has 6 heteroatoms. The minimum Gasteiger partial charge on any atom is -0.352 e. The molecule has 0 aliphatic heterocycles. The first-order valence-corrected chi connectivity index (χ1v) is 10.7. The van der Waals surface area contributed by atoms with E-state index in [4.69, 9.17) is 0 Å². The fraction of sp³-hybridized carbons (Fsp3) is 0.619. The second-order valence-electron chi connectivity index (χ2n) is 8.68. The summed E-state index contributed by atoms with van der Waals surface area (Å²) in [6.07, 6.45) is 3.47. The number of thioether (sulfide) groups is 1. The highest BCUT2D eigenvalue weighted by Crippen LogP contribution is 2.65. The highest BCUT2D eigenvalue weighted by Gasteiger charge is 2.61. The average molecular weight is 393 g/mol. The van der Waals surface area contributed by atoms with Crippen LogP contribution in [0.3, 0.4) is 0 Å². The van der Waals surface area contributed by atoms with Crippen molar-refractivity contribution < 1.29 is 14.0 Å². The summed E-state index contributed by atoms with van der Waals surface area (Å²) in [4.78, 5) is 24.7. The highest BCUT2D eigenvalue weighted by molar-refractivity contribution is 8.01. The second-order valence-corrected chi connectivity index (χ2v) is 10.0. The molecule has 1 aromatic rings. The van der Waals surface area contributed by atoms with Gasteiger partial charge in [-0.15, -0.1) is 11.8 Å². The first-order chi connectivity index (χ1) is 12.6. The summed E-state index contributed by atoms with van der Waals surface area (Å²) in [5.41, 5.74) is 0.963. The maximum Gasteiger partial charge on any atom is 0.234 e. The first-order valence-electron chi connectivity index (χ1n) is 9.61. The Kier molecular flexibility index (Phi) is 5.57. The van der Waals surface area contributed by atoms with E-state index in [1.54, 1.807) is 0 Å². The largest absolute Gasteiger partial charge is 0.352 e. The van der Waals surface area contributed by atoms with E-state index in [0.29, 0.717) is 11.6 Å². The molecular weight excluding hydrogens is 363 g/mol. The van der Waals surface area contributed by atoms with Crippen LogP contribution in [0.25, 0.3) is 0 Å². The van der Waals surface area contributed by atoms with E-state index in [0.717, 1.165) is 12.8 Å². The van der Waals surface area contributed by atoms with E-state index in [9.17, 15) is 14.0 Å². The monoisotopic (exact) mass is 392 g/mol. The van der Waals surface area contributed by atoms with Gasteiger partial charge in [-0.3, -0.25) is 9.59 Å². The van der Waals surface area contributed by atoms with Gasteiger partial charge in [0.2, 0.25) is 11.8 Å². The van der Waals surface area contributed by atoms with Crippen molar-refractivity contribution in [3.05, 3.63) is 30.1 Å². The van der Waals surface area contributed by atoms with Crippen LogP contribution < -0.4 is 10.6 Å². The molecule has 0 heterocycles. The van der Waals surface area contributed by atoms with Gasteiger partial charge in [-0.05, 0) is 67.2 Å². The van der Waals surface area contributed by atoms with E-state index >= 15 is 0 Å². The number of hydrogen-bond acceptors (Lipinski definition) is 3. The van der Waals surface area contributed by atoms with Crippen LogP contribution in [0.2, 0.25) is 0 Å². The molecule has 4 atom stereocenters. The molecule has 2 saturated carbocycles. The SMILES string of the molecule is CC(SCC(=O)Nc1ccc(F)cc1)C(=O)NC1CC2CCC1(C)C2(C)C. The van der Waals surface area contributed by atoms with E-state index in [1.165, 1.54) is 42.4 Å². The number of amides is 2. The molecule has 148 valence electrons. The lowest BCUT2D eigenvalue weighted by molar-refractivity contribution is -0.122. The summed E-state index contributed by atoms with van der Waals surface area (Å²) >= 11 is 1.32. The van der Waals surface area contributed by atoms with Gasteiger partial charge in [0.15, 0.2) is 0 Å². The maximum absolute atomic E-state index is 12.9. The van der Waals surface area contributed by atoms with Crippen molar-refractivity contribution in [2.24, 2.45) is 16.7 Å². The fourth-order valence-corrected chi connectivity index (χ4v) is 5.41. The number of nitrogens with one attached hydrogen (secondary N) is 2. The Bertz CT molecular complexity index is 721. The van der Waals surface area contributed by atoms with Gasteiger partial charge in [0.25, 0.3) is 0 Å². The van der Waals surface area contributed by atoms with Crippen molar-refractivity contribution in [3.8, 4) is 0 Å². The zero-order valence-corrected chi connectivity index (χ0v) is 17.3. The quantitative estimate of drug-likeness (QED) is 0.762. The molecule has 2 bridgehead atoms. The van der Waals surface area contributed by atoms with Gasteiger partial charge in [-0.1, -0.05) is 20.8 Å². The molecule has 1 aromatic carbocycles. The minimum absolute atomic E-state index is 0.00385. The molecule has 4 nitrogen and oxygen atoms in total. The number of rotatable bonds is 6. The molecular formula is C21H29FN2O2S. The van der Waals surface area contributed by atoms with Crippen molar-refractivity contribution >= 4 is 29.3 Å². The minimum atomic E-state index is -0.342. The Morgan fingerprint density at radius 1 is 1.26 bits per heavy atom. The van der Waals surface area contributed by atoms with Crippen molar-refractivity contribution in [1.82, 2.24) is 5.32 Å². The van der Waals surface area contributed by atoms with Crippen molar-refractivity contribution in [3.63, 3.8) is 0 Å². The predicted molar refractivity (Wildman–Crippen MR) is 108 cm³/mol. The highest BCUT2D eigenvalue weighted by atomic mass is 32.2. The number of anilines is 1. The number of hydrogen-bond donors (Lipinski definition) is 2. The molecule has 0 aromatic heterocycles. The van der Waals surface area contributed by atoms with Gasteiger partial charge in [0, 0.05) is 11.7 Å². The molecule has 0 spiro atoms. The molecule has 2 aliphatic carbocycles. The van der Waals surface area contributed by atoms with Crippen LogP contribution in [-0.4, -0.2) is 28.9 Å². The smallest absolute Gasteiger partial charge is 0.234 e. The summed E-state index contributed by atoms with van der Waals surface area (Å²) in [6.45, 7) is 8.80. The van der Waals surface area contributed by atoms with Gasteiger partial charge < -0.3 is 10.6 Å². The third-order valence-corrected chi connectivity index (χ3v) is 8.22. The lowest BCUT2D eigenvalue weighted by Crippen LogP contribution is -2.49.